The molecule has 1 fully saturated rings. The molecule has 0 aromatic heterocycles. The Hall–Kier alpha value is -2.69. The lowest BCUT2D eigenvalue weighted by Crippen LogP contribution is -2.35. The number of rotatable bonds is 5. The molecule has 2 rings (SSSR count). The zero-order chi connectivity index (χ0) is 17.0. The molecule has 1 aromatic rings. The molecule has 0 bridgehead atoms. The molecule has 0 unspecified atom stereocenters. The molecule has 23 heavy (non-hydrogen) atoms. The van der Waals surface area contributed by atoms with Gasteiger partial charge >= 0.3 is 12.2 Å². The number of alkyl halides is 3. The van der Waals surface area contributed by atoms with E-state index in [1.54, 1.807) is 0 Å². The number of hydrogen-bond donors (Lipinski definition) is 1. The van der Waals surface area contributed by atoms with Crippen molar-refractivity contribution in [2.75, 3.05) is 13.2 Å². The highest BCUT2D eigenvalue weighted by Crippen LogP contribution is 2.35. The first-order valence-electron chi connectivity index (χ1n) is 6.69. The standard InChI is InChI=1S/C15H13F3N2O3/c1-2-5-11-13(21)20(14(22)19-11)8-9-23-12-7-4-3-6-10(12)15(16,17)18/h1,3-4,6-7,11H,5,8-9H2,(H,19,22)/t11-/m1/s1. The highest BCUT2D eigenvalue weighted by Gasteiger charge is 2.37. The van der Waals surface area contributed by atoms with Gasteiger partial charge in [-0.3, -0.25) is 9.69 Å². The summed E-state index contributed by atoms with van der Waals surface area (Å²) in [7, 11) is 0. The van der Waals surface area contributed by atoms with Gasteiger partial charge in [-0.05, 0) is 12.1 Å². The molecular weight excluding hydrogens is 313 g/mol. The Morgan fingerprint density at radius 3 is 2.65 bits per heavy atom. The van der Waals surface area contributed by atoms with Crippen molar-refractivity contribution in [3.8, 4) is 18.1 Å². The Bertz CT molecular complexity index is 652. The number of urea groups is 1. The third-order valence-corrected chi connectivity index (χ3v) is 3.19. The molecule has 0 spiro atoms. The molecule has 1 atom stereocenters. The first kappa shape index (κ1) is 16.7. The number of amides is 3. The molecular formula is C15H13F3N2O3. The van der Waals surface area contributed by atoms with Gasteiger partial charge in [0.1, 0.15) is 18.4 Å². The van der Waals surface area contributed by atoms with E-state index >= 15 is 0 Å². The quantitative estimate of drug-likeness (QED) is 0.665. The maximum atomic E-state index is 12.8. The van der Waals surface area contributed by atoms with Gasteiger partial charge < -0.3 is 10.1 Å². The maximum absolute atomic E-state index is 12.8. The maximum Gasteiger partial charge on any atom is 0.419 e. The number of para-hydroxylation sites is 1. The fraction of sp³-hybridized carbons (Fsp3) is 0.333. The second kappa shape index (κ2) is 6.60. The van der Waals surface area contributed by atoms with Crippen LogP contribution in [0.5, 0.6) is 5.75 Å². The minimum Gasteiger partial charge on any atom is -0.491 e. The molecule has 1 aromatic carbocycles. The lowest BCUT2D eigenvalue weighted by atomic mass is 10.2. The Labute approximate surface area is 130 Å². The third kappa shape index (κ3) is 3.74. The van der Waals surface area contributed by atoms with Crippen molar-refractivity contribution in [1.29, 1.82) is 0 Å². The molecule has 0 aliphatic carbocycles. The number of benzene rings is 1. The number of carbonyl (C=O) groups excluding carboxylic acids is 2. The van der Waals surface area contributed by atoms with Crippen molar-refractivity contribution in [1.82, 2.24) is 10.2 Å². The van der Waals surface area contributed by atoms with Crippen molar-refractivity contribution in [3.63, 3.8) is 0 Å². The molecule has 1 N–H and O–H groups in total. The Morgan fingerprint density at radius 2 is 2.00 bits per heavy atom. The molecule has 1 heterocycles. The summed E-state index contributed by atoms with van der Waals surface area (Å²) in [5, 5.41) is 2.40. The fourth-order valence-corrected chi connectivity index (χ4v) is 2.12. The van der Waals surface area contributed by atoms with Crippen molar-refractivity contribution >= 4 is 11.9 Å². The Morgan fingerprint density at radius 1 is 1.30 bits per heavy atom. The molecule has 5 nitrogen and oxygen atoms in total. The predicted octanol–water partition coefficient (Wildman–Crippen LogP) is 2.03. The minimum atomic E-state index is -4.55. The molecule has 1 aliphatic rings. The number of imide groups is 1. The number of nitrogens with one attached hydrogen (secondary N) is 1. The minimum absolute atomic E-state index is 0.0544. The summed E-state index contributed by atoms with van der Waals surface area (Å²) < 4.78 is 43.5. The average Bonchev–Trinajstić information content (AvgIpc) is 2.74. The molecule has 1 saturated heterocycles. The summed E-state index contributed by atoms with van der Waals surface area (Å²) in [4.78, 5) is 24.4. The van der Waals surface area contributed by atoms with Crippen LogP contribution in [-0.2, 0) is 11.0 Å². The van der Waals surface area contributed by atoms with Crippen molar-refractivity contribution in [3.05, 3.63) is 29.8 Å². The van der Waals surface area contributed by atoms with Gasteiger partial charge in [-0.25, -0.2) is 4.79 Å². The van der Waals surface area contributed by atoms with E-state index in [4.69, 9.17) is 11.2 Å². The van der Waals surface area contributed by atoms with E-state index in [-0.39, 0.29) is 25.3 Å². The molecule has 0 radical (unpaired) electrons. The van der Waals surface area contributed by atoms with E-state index in [1.165, 1.54) is 18.2 Å². The lowest BCUT2D eigenvalue weighted by Gasteiger charge is -2.16. The number of nitrogens with zero attached hydrogens (tertiary/aromatic N) is 1. The number of terminal acetylenes is 1. The van der Waals surface area contributed by atoms with Gasteiger partial charge in [0.05, 0.1) is 12.1 Å². The smallest absolute Gasteiger partial charge is 0.419 e. The Balaban J connectivity index is 1.98. The van der Waals surface area contributed by atoms with Crippen LogP contribution in [0.3, 0.4) is 0 Å². The zero-order valence-electron chi connectivity index (χ0n) is 11.9. The highest BCUT2D eigenvalue weighted by molar-refractivity contribution is 6.04. The van der Waals surface area contributed by atoms with Gasteiger partial charge in [0.2, 0.25) is 0 Å². The van der Waals surface area contributed by atoms with E-state index in [9.17, 15) is 22.8 Å². The van der Waals surface area contributed by atoms with Gasteiger partial charge in [0, 0.05) is 6.42 Å². The zero-order valence-corrected chi connectivity index (χ0v) is 11.9. The van der Waals surface area contributed by atoms with Crippen LogP contribution < -0.4 is 10.1 Å². The molecule has 0 saturated carbocycles. The first-order valence-corrected chi connectivity index (χ1v) is 6.69. The van der Waals surface area contributed by atoms with Gasteiger partial charge in [-0.2, -0.15) is 13.2 Å². The highest BCUT2D eigenvalue weighted by atomic mass is 19.4. The van der Waals surface area contributed by atoms with Crippen LogP contribution in [0.4, 0.5) is 18.0 Å². The van der Waals surface area contributed by atoms with Crippen molar-refractivity contribution < 1.29 is 27.5 Å². The summed E-state index contributed by atoms with van der Waals surface area (Å²) in [5.41, 5.74) is -0.914. The van der Waals surface area contributed by atoms with Crippen LogP contribution in [0.1, 0.15) is 12.0 Å². The van der Waals surface area contributed by atoms with E-state index in [2.05, 4.69) is 11.2 Å². The fourth-order valence-electron chi connectivity index (χ4n) is 2.12. The van der Waals surface area contributed by atoms with Crippen LogP contribution in [-0.4, -0.2) is 36.0 Å². The van der Waals surface area contributed by atoms with E-state index in [0.717, 1.165) is 11.0 Å². The van der Waals surface area contributed by atoms with E-state index in [0.29, 0.717) is 0 Å². The summed E-state index contributed by atoms with van der Waals surface area (Å²) in [6, 6.07) is 3.29. The summed E-state index contributed by atoms with van der Waals surface area (Å²) in [6.07, 6.45) is 0.600. The summed E-state index contributed by atoms with van der Waals surface area (Å²) >= 11 is 0. The normalized spacial score (nSPS) is 17.8. The van der Waals surface area contributed by atoms with Gasteiger partial charge in [-0.1, -0.05) is 12.1 Å². The summed E-state index contributed by atoms with van der Waals surface area (Å²) in [6.45, 7) is -0.424. The topological polar surface area (TPSA) is 58.6 Å². The molecule has 3 amide bonds. The monoisotopic (exact) mass is 326 g/mol. The second-order valence-corrected chi connectivity index (χ2v) is 4.74. The van der Waals surface area contributed by atoms with E-state index < -0.39 is 29.7 Å². The Kier molecular flexibility index (Phi) is 4.79. The van der Waals surface area contributed by atoms with Gasteiger partial charge in [0.15, 0.2) is 0 Å². The number of halogens is 3. The molecule has 8 heteroatoms. The third-order valence-electron chi connectivity index (χ3n) is 3.19. The molecule has 1 aliphatic heterocycles. The van der Waals surface area contributed by atoms with Crippen LogP contribution >= 0.6 is 0 Å². The van der Waals surface area contributed by atoms with Gasteiger partial charge in [0.25, 0.3) is 5.91 Å². The van der Waals surface area contributed by atoms with Crippen LogP contribution in [0.15, 0.2) is 24.3 Å². The van der Waals surface area contributed by atoms with Crippen molar-refractivity contribution in [2.45, 2.75) is 18.6 Å². The molecule has 122 valence electrons. The predicted molar refractivity (Wildman–Crippen MR) is 74.4 cm³/mol. The number of carbonyl (C=O) groups is 2. The van der Waals surface area contributed by atoms with Gasteiger partial charge in [-0.15, -0.1) is 12.3 Å². The van der Waals surface area contributed by atoms with Crippen LogP contribution in [0.2, 0.25) is 0 Å². The average molecular weight is 326 g/mol. The van der Waals surface area contributed by atoms with Crippen LogP contribution in [0, 0.1) is 12.3 Å². The van der Waals surface area contributed by atoms with E-state index in [1.807, 2.05) is 0 Å². The van der Waals surface area contributed by atoms with Crippen molar-refractivity contribution in [2.24, 2.45) is 0 Å². The number of hydrogen-bond acceptors (Lipinski definition) is 3. The second-order valence-electron chi connectivity index (χ2n) is 4.74. The lowest BCUT2D eigenvalue weighted by molar-refractivity contribution is -0.139. The summed E-state index contributed by atoms with van der Waals surface area (Å²) in [5.74, 6) is 1.40. The largest absolute Gasteiger partial charge is 0.491 e. The SMILES string of the molecule is C#CC[C@H]1NC(=O)N(CCOc2ccccc2C(F)(F)F)C1=O. The number of ether oxygens (including phenoxy) is 1. The van der Waals surface area contributed by atoms with Crippen LogP contribution in [0.25, 0.3) is 0 Å². The first-order chi connectivity index (χ1) is 10.8.